The van der Waals surface area contributed by atoms with Crippen molar-refractivity contribution in [1.29, 1.82) is 0 Å². The molecule has 0 unspecified atom stereocenters. The van der Waals surface area contributed by atoms with Crippen molar-refractivity contribution >= 4 is 34.9 Å². The number of amides is 1. The van der Waals surface area contributed by atoms with Gasteiger partial charge < -0.3 is 9.64 Å². The van der Waals surface area contributed by atoms with E-state index in [-0.39, 0.29) is 23.9 Å². The average Bonchev–Trinajstić information content (AvgIpc) is 3.05. The second kappa shape index (κ2) is 7.92. The van der Waals surface area contributed by atoms with Crippen molar-refractivity contribution in [2.45, 2.75) is 26.7 Å². The summed E-state index contributed by atoms with van der Waals surface area (Å²) in [5, 5.41) is 0.396. The van der Waals surface area contributed by atoms with Crippen molar-refractivity contribution in [2.75, 3.05) is 18.1 Å². The first-order chi connectivity index (χ1) is 12.9. The van der Waals surface area contributed by atoms with Crippen LogP contribution < -0.4 is 4.90 Å². The predicted molar refractivity (Wildman–Crippen MR) is 104 cm³/mol. The molecule has 1 aliphatic rings. The summed E-state index contributed by atoms with van der Waals surface area (Å²) in [6.45, 7) is 4.02. The number of halogens is 1. The zero-order chi connectivity index (χ0) is 19.6. The van der Waals surface area contributed by atoms with Crippen LogP contribution in [0.5, 0.6) is 0 Å². The number of ketones is 1. The van der Waals surface area contributed by atoms with Crippen LogP contribution in [-0.4, -0.2) is 30.8 Å². The lowest BCUT2D eigenvalue weighted by atomic mass is 10.0. The summed E-state index contributed by atoms with van der Waals surface area (Å²) in [5.41, 5.74) is 3.19. The van der Waals surface area contributed by atoms with E-state index < -0.39 is 5.97 Å². The van der Waals surface area contributed by atoms with Crippen LogP contribution in [0.15, 0.2) is 36.4 Å². The fourth-order valence-electron chi connectivity index (χ4n) is 3.17. The Morgan fingerprint density at radius 2 is 1.93 bits per heavy atom. The van der Waals surface area contributed by atoms with Gasteiger partial charge in [-0.3, -0.25) is 9.59 Å². The number of carbonyl (C=O) groups is 3. The van der Waals surface area contributed by atoms with Crippen LogP contribution in [0.1, 0.15) is 44.7 Å². The van der Waals surface area contributed by atoms with E-state index in [1.165, 1.54) is 12.1 Å². The number of anilines is 1. The van der Waals surface area contributed by atoms with Crippen molar-refractivity contribution in [3.05, 3.63) is 63.7 Å². The molecule has 27 heavy (non-hydrogen) atoms. The normalized spacial score (nSPS) is 13.7. The first-order valence-corrected chi connectivity index (χ1v) is 9.12. The Hall–Kier alpha value is -2.66. The Labute approximate surface area is 162 Å². The fourth-order valence-corrected chi connectivity index (χ4v) is 3.39. The zero-order valence-electron chi connectivity index (χ0n) is 15.3. The minimum atomic E-state index is -0.627. The maximum absolute atomic E-state index is 12.4. The summed E-state index contributed by atoms with van der Waals surface area (Å²) in [6.07, 6.45) is 1.23. The number of hydrogen-bond acceptors (Lipinski definition) is 4. The van der Waals surface area contributed by atoms with Crippen molar-refractivity contribution < 1.29 is 19.1 Å². The summed E-state index contributed by atoms with van der Waals surface area (Å²) in [4.78, 5) is 38.2. The van der Waals surface area contributed by atoms with Gasteiger partial charge in [0.15, 0.2) is 6.61 Å². The van der Waals surface area contributed by atoms with Crippen LogP contribution in [0.3, 0.4) is 0 Å². The number of aryl methyl sites for hydroxylation is 2. The Morgan fingerprint density at radius 1 is 1.15 bits per heavy atom. The van der Waals surface area contributed by atoms with Crippen LogP contribution in [0.4, 0.5) is 5.69 Å². The minimum Gasteiger partial charge on any atom is -0.454 e. The van der Waals surface area contributed by atoms with Crippen LogP contribution in [-0.2, 0) is 9.53 Å². The molecule has 0 saturated carbocycles. The third-order valence-corrected chi connectivity index (χ3v) is 4.88. The maximum Gasteiger partial charge on any atom is 0.338 e. The number of rotatable bonds is 5. The molecule has 140 valence electrons. The van der Waals surface area contributed by atoms with E-state index in [0.29, 0.717) is 29.2 Å². The third kappa shape index (κ3) is 4.19. The van der Waals surface area contributed by atoms with Gasteiger partial charge in [0.1, 0.15) is 0 Å². The number of hydrogen-bond donors (Lipinski definition) is 0. The lowest BCUT2D eigenvalue weighted by Gasteiger charge is -2.18. The molecule has 3 rings (SSSR count). The van der Waals surface area contributed by atoms with Crippen molar-refractivity contribution in [3.8, 4) is 0 Å². The van der Waals surface area contributed by atoms with E-state index in [9.17, 15) is 14.4 Å². The summed E-state index contributed by atoms with van der Waals surface area (Å²) < 4.78 is 5.18. The van der Waals surface area contributed by atoms with E-state index >= 15 is 0 Å². The highest BCUT2D eigenvalue weighted by atomic mass is 35.5. The molecule has 2 aromatic rings. The summed E-state index contributed by atoms with van der Waals surface area (Å²) >= 11 is 6.18. The number of nitrogens with zero attached hydrogens (tertiary/aromatic N) is 1. The Morgan fingerprint density at radius 3 is 2.59 bits per heavy atom. The molecule has 0 N–H and O–H groups in total. The SMILES string of the molecule is Cc1ccc(C(=O)COC(=O)c2ccc(Cl)c(N3CCCC3=O)c2)c(C)c1. The van der Waals surface area contributed by atoms with Gasteiger partial charge in [0.05, 0.1) is 16.3 Å². The van der Waals surface area contributed by atoms with E-state index in [2.05, 4.69) is 0 Å². The van der Waals surface area contributed by atoms with Crippen LogP contribution in [0.2, 0.25) is 5.02 Å². The molecule has 6 heteroatoms. The smallest absolute Gasteiger partial charge is 0.338 e. The lowest BCUT2D eigenvalue weighted by molar-refractivity contribution is -0.117. The second-order valence-electron chi connectivity index (χ2n) is 6.63. The van der Waals surface area contributed by atoms with Gasteiger partial charge in [-0.15, -0.1) is 0 Å². The van der Waals surface area contributed by atoms with Gasteiger partial charge in [-0.2, -0.15) is 0 Å². The van der Waals surface area contributed by atoms with Gasteiger partial charge in [0, 0.05) is 18.5 Å². The summed E-state index contributed by atoms with van der Waals surface area (Å²) in [6, 6.07) is 10.1. The highest BCUT2D eigenvalue weighted by Crippen LogP contribution is 2.30. The quantitative estimate of drug-likeness (QED) is 0.573. The van der Waals surface area contributed by atoms with E-state index in [4.69, 9.17) is 16.3 Å². The predicted octanol–water partition coefficient (Wildman–Crippen LogP) is 4.12. The third-order valence-electron chi connectivity index (χ3n) is 4.56. The minimum absolute atomic E-state index is 0.0209. The van der Waals surface area contributed by atoms with Gasteiger partial charge in [-0.25, -0.2) is 4.79 Å². The van der Waals surface area contributed by atoms with Gasteiger partial charge >= 0.3 is 5.97 Å². The number of carbonyl (C=O) groups excluding carboxylic acids is 3. The molecule has 1 fully saturated rings. The van der Waals surface area contributed by atoms with Crippen molar-refractivity contribution in [3.63, 3.8) is 0 Å². The van der Waals surface area contributed by atoms with Crippen LogP contribution in [0.25, 0.3) is 0 Å². The fraction of sp³-hybridized carbons (Fsp3) is 0.286. The maximum atomic E-state index is 12.4. The largest absolute Gasteiger partial charge is 0.454 e. The Kier molecular flexibility index (Phi) is 5.61. The standard InChI is InChI=1S/C21H20ClNO4/c1-13-5-7-16(14(2)10-13)19(24)12-27-21(26)15-6-8-17(22)18(11-15)23-9-3-4-20(23)25/h5-8,10-11H,3-4,9,12H2,1-2H3. The molecule has 0 radical (unpaired) electrons. The van der Waals surface area contributed by atoms with Crippen LogP contribution >= 0.6 is 11.6 Å². The zero-order valence-corrected chi connectivity index (χ0v) is 16.0. The number of ether oxygens (including phenoxy) is 1. The molecule has 1 aliphatic heterocycles. The lowest BCUT2D eigenvalue weighted by Crippen LogP contribution is -2.24. The van der Waals surface area contributed by atoms with Crippen molar-refractivity contribution in [2.24, 2.45) is 0 Å². The van der Waals surface area contributed by atoms with Crippen LogP contribution in [0, 0.1) is 13.8 Å². The van der Waals surface area contributed by atoms with E-state index in [1.54, 1.807) is 17.0 Å². The molecule has 0 atom stereocenters. The molecule has 2 aromatic carbocycles. The number of esters is 1. The highest BCUT2D eigenvalue weighted by Gasteiger charge is 2.25. The van der Waals surface area contributed by atoms with Gasteiger partial charge in [-0.1, -0.05) is 35.4 Å². The monoisotopic (exact) mass is 385 g/mol. The molecule has 0 spiro atoms. The molecular formula is C21H20ClNO4. The highest BCUT2D eigenvalue weighted by molar-refractivity contribution is 6.34. The van der Waals surface area contributed by atoms with E-state index in [1.807, 2.05) is 26.0 Å². The average molecular weight is 386 g/mol. The molecular weight excluding hydrogens is 366 g/mol. The molecule has 1 saturated heterocycles. The first kappa shape index (κ1) is 19.1. The number of Topliss-reactive ketones (excluding diaryl/α,β-unsaturated/α-hetero) is 1. The molecule has 0 bridgehead atoms. The van der Waals surface area contributed by atoms with Crippen molar-refractivity contribution in [1.82, 2.24) is 0 Å². The Bertz CT molecular complexity index is 922. The van der Waals surface area contributed by atoms with Gasteiger partial charge in [-0.05, 0) is 44.0 Å². The van der Waals surface area contributed by atoms with Gasteiger partial charge in [0.25, 0.3) is 0 Å². The molecule has 0 aliphatic carbocycles. The number of benzene rings is 2. The molecule has 1 heterocycles. The molecule has 0 aromatic heterocycles. The first-order valence-electron chi connectivity index (χ1n) is 8.74. The topological polar surface area (TPSA) is 63.7 Å². The molecule has 5 nitrogen and oxygen atoms in total. The van der Waals surface area contributed by atoms with E-state index in [0.717, 1.165) is 17.5 Å². The molecule has 1 amide bonds. The summed E-state index contributed by atoms with van der Waals surface area (Å²) in [5.74, 6) is -0.908. The van der Waals surface area contributed by atoms with Gasteiger partial charge in [0.2, 0.25) is 11.7 Å². The summed E-state index contributed by atoms with van der Waals surface area (Å²) in [7, 11) is 0. The Balaban J connectivity index is 1.71. The second-order valence-corrected chi connectivity index (χ2v) is 7.04.